The second-order valence-corrected chi connectivity index (χ2v) is 6.92. The average Bonchev–Trinajstić information content (AvgIpc) is 3.11. The first kappa shape index (κ1) is 16.3. The number of rotatable bonds is 3. The Morgan fingerprint density at radius 3 is 2.75 bits per heavy atom. The van der Waals surface area contributed by atoms with Gasteiger partial charge in [-0.3, -0.25) is 9.48 Å². The lowest BCUT2D eigenvalue weighted by molar-refractivity contribution is -0.146. The first-order chi connectivity index (χ1) is 11.3. The Bertz CT molecular complexity index is 798. The van der Waals surface area contributed by atoms with Gasteiger partial charge in [-0.2, -0.15) is 5.10 Å². The van der Waals surface area contributed by atoms with Crippen LogP contribution in [0.25, 0.3) is 10.9 Å². The van der Waals surface area contributed by atoms with E-state index in [4.69, 9.17) is 0 Å². The van der Waals surface area contributed by atoms with Gasteiger partial charge in [0.25, 0.3) is 0 Å². The molecule has 2 N–H and O–H groups in total. The van der Waals surface area contributed by atoms with Crippen LogP contribution in [0.15, 0.2) is 24.4 Å². The van der Waals surface area contributed by atoms with Crippen molar-refractivity contribution in [1.82, 2.24) is 14.7 Å². The maximum atomic E-state index is 12.4. The number of hydrogen-bond acceptors (Lipinski definition) is 3. The third-order valence-corrected chi connectivity index (χ3v) is 4.62. The molecule has 1 atom stereocenters. The third kappa shape index (κ3) is 2.81. The fraction of sp³-hybridized carbons (Fsp3) is 0.471. The van der Waals surface area contributed by atoms with Crippen molar-refractivity contribution in [2.75, 3.05) is 18.4 Å². The molecule has 1 unspecified atom stereocenters. The summed E-state index contributed by atoms with van der Waals surface area (Å²) in [6.45, 7) is 6.44. The fourth-order valence-electron chi connectivity index (χ4n) is 3.04. The van der Waals surface area contributed by atoms with Crippen molar-refractivity contribution >= 4 is 28.6 Å². The van der Waals surface area contributed by atoms with Gasteiger partial charge in [0.15, 0.2) is 0 Å². The molecule has 1 aromatic carbocycles. The molecule has 7 nitrogen and oxygen atoms in total. The Kier molecular flexibility index (Phi) is 3.95. The fourth-order valence-corrected chi connectivity index (χ4v) is 3.04. The Labute approximate surface area is 140 Å². The summed E-state index contributed by atoms with van der Waals surface area (Å²) in [6.07, 6.45) is 2.27. The number of likely N-dealkylation sites (tertiary alicyclic amines) is 1. The minimum atomic E-state index is -0.864. The quantitative estimate of drug-likeness (QED) is 0.906. The highest BCUT2D eigenvalue weighted by atomic mass is 16.4. The Hall–Kier alpha value is -2.57. The predicted molar refractivity (Wildman–Crippen MR) is 91.1 cm³/mol. The minimum absolute atomic E-state index is 0.223. The number of fused-ring (bicyclic) bond motifs is 1. The van der Waals surface area contributed by atoms with E-state index in [2.05, 4.69) is 24.3 Å². The summed E-state index contributed by atoms with van der Waals surface area (Å²) in [4.78, 5) is 25.3. The topological polar surface area (TPSA) is 87.5 Å². The van der Waals surface area contributed by atoms with Crippen LogP contribution < -0.4 is 5.32 Å². The first-order valence-corrected chi connectivity index (χ1v) is 8.07. The number of aliphatic carboxylic acids is 1. The molecule has 2 amide bonds. The summed E-state index contributed by atoms with van der Waals surface area (Å²) in [7, 11) is 0. The summed E-state index contributed by atoms with van der Waals surface area (Å²) in [5.41, 5.74) is 0.774. The van der Waals surface area contributed by atoms with Gasteiger partial charge in [-0.25, -0.2) is 4.79 Å². The average molecular weight is 330 g/mol. The van der Waals surface area contributed by atoms with Gasteiger partial charge >= 0.3 is 12.0 Å². The number of carboxylic acid groups (broad SMARTS) is 1. The normalized spacial score (nSPS) is 20.8. The molecule has 1 aliphatic heterocycles. The van der Waals surface area contributed by atoms with Gasteiger partial charge in [0.05, 0.1) is 17.1 Å². The second-order valence-electron chi connectivity index (χ2n) is 6.92. The number of carbonyl (C=O) groups is 2. The van der Waals surface area contributed by atoms with Crippen molar-refractivity contribution in [2.45, 2.75) is 33.2 Å². The molecule has 0 bridgehead atoms. The van der Waals surface area contributed by atoms with Crippen LogP contribution in [-0.4, -0.2) is 44.9 Å². The molecule has 128 valence electrons. The molecule has 7 heteroatoms. The van der Waals surface area contributed by atoms with E-state index in [0.29, 0.717) is 18.7 Å². The molecular weight excluding hydrogens is 308 g/mol. The Morgan fingerprint density at radius 2 is 2.12 bits per heavy atom. The van der Waals surface area contributed by atoms with Crippen molar-refractivity contribution in [1.29, 1.82) is 0 Å². The zero-order valence-corrected chi connectivity index (χ0v) is 14.1. The highest BCUT2D eigenvalue weighted by molar-refractivity contribution is 5.93. The summed E-state index contributed by atoms with van der Waals surface area (Å²) < 4.78 is 1.91. The molecule has 1 aromatic heterocycles. The molecular formula is C17H22N4O3. The van der Waals surface area contributed by atoms with E-state index in [1.54, 1.807) is 18.0 Å². The maximum absolute atomic E-state index is 12.4. The number of amides is 2. The molecule has 3 rings (SSSR count). The SMILES string of the molecule is CC(C)n1ncc2ccc(NC(=O)N3CCC(C)(C(=O)O)C3)cc21. The molecule has 0 saturated carbocycles. The summed E-state index contributed by atoms with van der Waals surface area (Å²) in [5.74, 6) is -0.861. The van der Waals surface area contributed by atoms with Crippen LogP contribution in [0.5, 0.6) is 0 Å². The Balaban J connectivity index is 1.76. The summed E-state index contributed by atoms with van der Waals surface area (Å²) in [6, 6.07) is 5.60. The van der Waals surface area contributed by atoms with Gasteiger partial charge in [0.2, 0.25) is 0 Å². The summed E-state index contributed by atoms with van der Waals surface area (Å²) >= 11 is 0. The van der Waals surface area contributed by atoms with Crippen molar-refractivity contribution in [2.24, 2.45) is 5.41 Å². The smallest absolute Gasteiger partial charge is 0.321 e. The maximum Gasteiger partial charge on any atom is 0.321 e. The van der Waals surface area contributed by atoms with Gasteiger partial charge in [-0.15, -0.1) is 0 Å². The van der Waals surface area contributed by atoms with Crippen molar-refractivity contribution in [3.8, 4) is 0 Å². The molecule has 2 heterocycles. The molecule has 1 aliphatic rings. The van der Waals surface area contributed by atoms with Crippen LogP contribution in [0.1, 0.15) is 33.2 Å². The number of aromatic nitrogens is 2. The number of benzene rings is 1. The molecule has 0 aliphatic carbocycles. The summed E-state index contributed by atoms with van der Waals surface area (Å²) in [5, 5.41) is 17.5. The van der Waals surface area contributed by atoms with Crippen LogP contribution >= 0.6 is 0 Å². The highest BCUT2D eigenvalue weighted by Gasteiger charge is 2.42. The lowest BCUT2D eigenvalue weighted by Gasteiger charge is -2.20. The standard InChI is InChI=1S/C17H22N4O3/c1-11(2)21-14-8-13(5-4-12(14)9-18-21)19-16(24)20-7-6-17(3,10-20)15(22)23/h4-5,8-9,11H,6-7,10H2,1-3H3,(H,19,24)(H,22,23). The number of carbonyl (C=O) groups excluding carboxylic acids is 1. The third-order valence-electron chi connectivity index (χ3n) is 4.62. The molecule has 1 saturated heterocycles. The second kappa shape index (κ2) is 5.81. The van der Waals surface area contributed by atoms with E-state index in [9.17, 15) is 14.7 Å². The number of urea groups is 1. The van der Waals surface area contributed by atoms with Gasteiger partial charge < -0.3 is 15.3 Å². The van der Waals surface area contributed by atoms with E-state index in [1.807, 2.05) is 22.9 Å². The minimum Gasteiger partial charge on any atom is -0.481 e. The van der Waals surface area contributed by atoms with Gasteiger partial charge in [-0.05, 0) is 45.4 Å². The predicted octanol–water partition coefficient (Wildman–Crippen LogP) is 2.95. The monoisotopic (exact) mass is 330 g/mol. The number of anilines is 1. The molecule has 0 spiro atoms. The van der Waals surface area contributed by atoms with Crippen molar-refractivity contribution in [3.05, 3.63) is 24.4 Å². The number of nitrogens with zero attached hydrogens (tertiary/aromatic N) is 3. The van der Waals surface area contributed by atoms with E-state index in [0.717, 1.165) is 10.9 Å². The van der Waals surface area contributed by atoms with Gasteiger partial charge in [-0.1, -0.05) is 0 Å². The Morgan fingerprint density at radius 1 is 1.38 bits per heavy atom. The van der Waals surface area contributed by atoms with Crippen LogP contribution in [0.2, 0.25) is 0 Å². The van der Waals surface area contributed by atoms with E-state index < -0.39 is 11.4 Å². The van der Waals surface area contributed by atoms with E-state index in [-0.39, 0.29) is 18.6 Å². The lowest BCUT2D eigenvalue weighted by atomic mass is 9.90. The van der Waals surface area contributed by atoms with Crippen LogP contribution in [0.4, 0.5) is 10.5 Å². The van der Waals surface area contributed by atoms with Crippen molar-refractivity contribution in [3.63, 3.8) is 0 Å². The zero-order valence-electron chi connectivity index (χ0n) is 14.1. The zero-order chi connectivity index (χ0) is 17.5. The van der Waals surface area contributed by atoms with Crippen LogP contribution in [-0.2, 0) is 4.79 Å². The number of nitrogens with one attached hydrogen (secondary N) is 1. The van der Waals surface area contributed by atoms with E-state index >= 15 is 0 Å². The molecule has 24 heavy (non-hydrogen) atoms. The van der Waals surface area contributed by atoms with Gasteiger partial charge in [0.1, 0.15) is 0 Å². The molecule has 0 radical (unpaired) electrons. The largest absolute Gasteiger partial charge is 0.481 e. The van der Waals surface area contributed by atoms with Gasteiger partial charge in [0, 0.05) is 30.2 Å². The highest BCUT2D eigenvalue weighted by Crippen LogP contribution is 2.30. The van der Waals surface area contributed by atoms with E-state index in [1.165, 1.54) is 0 Å². The molecule has 2 aromatic rings. The lowest BCUT2D eigenvalue weighted by Crippen LogP contribution is -2.37. The number of hydrogen-bond donors (Lipinski definition) is 2. The van der Waals surface area contributed by atoms with Crippen LogP contribution in [0, 0.1) is 5.41 Å². The van der Waals surface area contributed by atoms with Crippen LogP contribution in [0.3, 0.4) is 0 Å². The number of carboxylic acids is 1. The first-order valence-electron chi connectivity index (χ1n) is 8.07. The molecule has 1 fully saturated rings. The van der Waals surface area contributed by atoms with Crippen molar-refractivity contribution < 1.29 is 14.7 Å².